The third kappa shape index (κ3) is 7.73. The molecule has 12 nitrogen and oxygen atoms in total. The van der Waals surface area contributed by atoms with Crippen molar-refractivity contribution in [3.8, 4) is 5.75 Å². The largest absolute Gasteiger partial charge is 0.480 e. The van der Waals surface area contributed by atoms with Crippen LogP contribution in [0.2, 0.25) is 0 Å². The molecule has 1 aliphatic heterocycles. The molecule has 0 bridgehead atoms. The number of carboxylic acid groups (broad SMARTS) is 1. The summed E-state index contributed by atoms with van der Waals surface area (Å²) in [7, 11) is 0. The molecule has 188 valence electrons. The van der Waals surface area contributed by atoms with Crippen molar-refractivity contribution in [1.29, 1.82) is 0 Å². The molecule has 0 fully saturated rings. The van der Waals surface area contributed by atoms with Gasteiger partial charge in [-0.05, 0) is 23.1 Å². The first-order valence-electron chi connectivity index (χ1n) is 11.1. The van der Waals surface area contributed by atoms with Crippen LogP contribution in [0, 0.1) is 5.41 Å². The fourth-order valence-corrected chi connectivity index (χ4v) is 3.21. The summed E-state index contributed by atoms with van der Waals surface area (Å²) >= 11 is 0. The Bertz CT molecular complexity index is 1080. The van der Waals surface area contributed by atoms with Gasteiger partial charge in [-0.25, -0.2) is 14.6 Å². The van der Waals surface area contributed by atoms with Crippen LogP contribution in [0.5, 0.6) is 5.75 Å². The van der Waals surface area contributed by atoms with E-state index in [1.807, 2.05) is 20.8 Å². The maximum Gasteiger partial charge on any atom is 0.407 e. The maximum absolute atomic E-state index is 12.5. The van der Waals surface area contributed by atoms with Gasteiger partial charge in [0.15, 0.2) is 6.10 Å². The second-order valence-corrected chi connectivity index (χ2v) is 9.33. The number of H-pyrrole nitrogens is 1. The summed E-state index contributed by atoms with van der Waals surface area (Å²) in [6.45, 7) is 5.80. The highest BCUT2D eigenvalue weighted by Crippen LogP contribution is 2.32. The lowest BCUT2D eigenvalue weighted by Gasteiger charge is -2.26. The number of carboxylic acids is 1. The highest BCUT2D eigenvalue weighted by molar-refractivity contribution is 5.98. The number of hydrogen-bond acceptors (Lipinski definition) is 7. The fourth-order valence-electron chi connectivity index (χ4n) is 3.21. The first kappa shape index (κ1) is 25.5. The van der Waals surface area contributed by atoms with Crippen LogP contribution >= 0.6 is 0 Å². The molecule has 0 aliphatic carbocycles. The van der Waals surface area contributed by atoms with E-state index in [0.717, 1.165) is 0 Å². The topological polar surface area (TPSA) is 172 Å². The molecule has 0 radical (unpaired) electrons. The Kier molecular flexibility index (Phi) is 7.94. The number of nitrogens with zero attached hydrogens (tertiary/aromatic N) is 1. The third-order valence-corrected chi connectivity index (χ3v) is 4.92. The number of fused-ring (bicyclic) bond motifs is 1. The quantitative estimate of drug-likeness (QED) is 0.358. The van der Waals surface area contributed by atoms with E-state index in [2.05, 4.69) is 25.9 Å². The predicted octanol–water partition coefficient (Wildman–Crippen LogP) is 2.30. The lowest BCUT2D eigenvalue weighted by molar-refractivity contribution is -0.139. The van der Waals surface area contributed by atoms with E-state index < -0.39 is 30.1 Å². The van der Waals surface area contributed by atoms with Crippen LogP contribution in [-0.2, 0) is 25.5 Å². The number of amides is 3. The molecule has 0 saturated heterocycles. The minimum absolute atomic E-state index is 0.0283. The van der Waals surface area contributed by atoms with Crippen molar-refractivity contribution in [2.24, 2.45) is 5.41 Å². The SMILES string of the molecule is CC(C)(C)COC(=O)N[C@@H](Cc1ccc2c(c1)NC(=O)[C@H](CCC(=O)Nc1ncc[nH]1)O2)C(=O)O. The molecule has 5 N–H and O–H groups in total. The summed E-state index contributed by atoms with van der Waals surface area (Å²) in [5.74, 6) is -1.24. The molecule has 2 heterocycles. The van der Waals surface area contributed by atoms with Gasteiger partial charge in [0.2, 0.25) is 11.9 Å². The minimum Gasteiger partial charge on any atom is -0.480 e. The number of aliphatic carboxylic acids is 1. The average Bonchev–Trinajstić information content (AvgIpc) is 3.28. The summed E-state index contributed by atoms with van der Waals surface area (Å²) in [4.78, 5) is 54.8. The van der Waals surface area contributed by atoms with Crippen LogP contribution in [0.3, 0.4) is 0 Å². The zero-order valence-corrected chi connectivity index (χ0v) is 19.7. The van der Waals surface area contributed by atoms with Crippen LogP contribution in [0.4, 0.5) is 16.4 Å². The van der Waals surface area contributed by atoms with E-state index in [-0.39, 0.29) is 37.2 Å². The second-order valence-electron chi connectivity index (χ2n) is 9.33. The number of ether oxygens (including phenoxy) is 2. The molecule has 1 aromatic carbocycles. The number of aromatic nitrogens is 2. The Labute approximate surface area is 201 Å². The summed E-state index contributed by atoms with van der Waals surface area (Å²) in [6.07, 6.45) is 1.57. The first-order valence-corrected chi connectivity index (χ1v) is 11.1. The molecular weight excluding hydrogens is 458 g/mol. The van der Waals surface area contributed by atoms with Crippen molar-refractivity contribution in [3.05, 3.63) is 36.2 Å². The fraction of sp³-hybridized carbons (Fsp3) is 0.435. The Balaban J connectivity index is 1.56. The smallest absolute Gasteiger partial charge is 0.407 e. The Hall–Kier alpha value is -4.09. The number of alkyl carbamates (subject to hydrolysis) is 1. The summed E-state index contributed by atoms with van der Waals surface area (Å²) < 4.78 is 10.8. The van der Waals surface area contributed by atoms with E-state index in [4.69, 9.17) is 9.47 Å². The number of nitrogens with one attached hydrogen (secondary N) is 4. The van der Waals surface area contributed by atoms with Crippen LogP contribution in [0.15, 0.2) is 30.6 Å². The van der Waals surface area contributed by atoms with Gasteiger partial charge in [0, 0.05) is 31.7 Å². The minimum atomic E-state index is -1.22. The maximum atomic E-state index is 12.5. The van der Waals surface area contributed by atoms with E-state index in [1.165, 1.54) is 6.20 Å². The van der Waals surface area contributed by atoms with Crippen molar-refractivity contribution in [2.75, 3.05) is 17.2 Å². The van der Waals surface area contributed by atoms with Gasteiger partial charge in [0.25, 0.3) is 5.91 Å². The Morgan fingerprint density at radius 2 is 2.06 bits per heavy atom. The number of aromatic amines is 1. The van der Waals surface area contributed by atoms with Gasteiger partial charge in [-0.2, -0.15) is 0 Å². The summed E-state index contributed by atoms with van der Waals surface area (Å²) in [5.41, 5.74) is 0.684. The van der Waals surface area contributed by atoms with E-state index in [0.29, 0.717) is 22.9 Å². The van der Waals surface area contributed by atoms with Crippen molar-refractivity contribution in [3.63, 3.8) is 0 Å². The van der Waals surface area contributed by atoms with Gasteiger partial charge >= 0.3 is 12.1 Å². The van der Waals surface area contributed by atoms with Gasteiger partial charge in [0.1, 0.15) is 11.8 Å². The van der Waals surface area contributed by atoms with Gasteiger partial charge in [-0.15, -0.1) is 0 Å². The van der Waals surface area contributed by atoms with Crippen molar-refractivity contribution >= 4 is 35.5 Å². The number of carbonyl (C=O) groups is 4. The standard InChI is InChI=1S/C23H29N5O7/c1-23(2,3)12-34-22(33)27-15(20(31)32)11-13-4-5-16-14(10-13)26-19(30)17(35-16)6-7-18(29)28-21-24-8-9-25-21/h4-5,8-10,15,17H,6-7,11-12H2,1-3H3,(H,26,30)(H,27,33)(H,31,32)(H2,24,25,28,29)/t15-,17-/m0/s1. The van der Waals surface area contributed by atoms with Gasteiger partial charge in [0.05, 0.1) is 12.3 Å². The zero-order valence-electron chi connectivity index (χ0n) is 19.7. The molecule has 0 unspecified atom stereocenters. The molecule has 2 aromatic rings. The normalized spacial score (nSPS) is 15.7. The predicted molar refractivity (Wildman–Crippen MR) is 125 cm³/mol. The first-order chi connectivity index (χ1) is 16.5. The highest BCUT2D eigenvalue weighted by atomic mass is 16.5. The van der Waals surface area contributed by atoms with Crippen LogP contribution < -0.4 is 20.7 Å². The number of imidazole rings is 1. The molecule has 1 aromatic heterocycles. The van der Waals surface area contributed by atoms with Crippen molar-refractivity contribution < 1.29 is 33.8 Å². The van der Waals surface area contributed by atoms with Gasteiger partial charge < -0.3 is 30.2 Å². The van der Waals surface area contributed by atoms with Crippen molar-refractivity contribution in [1.82, 2.24) is 15.3 Å². The number of anilines is 2. The molecule has 35 heavy (non-hydrogen) atoms. The Morgan fingerprint density at radius 1 is 1.29 bits per heavy atom. The highest BCUT2D eigenvalue weighted by Gasteiger charge is 2.29. The molecule has 3 rings (SSSR count). The van der Waals surface area contributed by atoms with E-state index in [9.17, 15) is 24.3 Å². The number of rotatable bonds is 9. The number of benzene rings is 1. The molecule has 2 atom stereocenters. The zero-order chi connectivity index (χ0) is 25.6. The summed E-state index contributed by atoms with van der Waals surface area (Å²) in [6, 6.07) is 3.62. The molecule has 0 saturated carbocycles. The Morgan fingerprint density at radius 3 is 2.71 bits per heavy atom. The van der Waals surface area contributed by atoms with Gasteiger partial charge in [-0.1, -0.05) is 26.8 Å². The monoisotopic (exact) mass is 487 g/mol. The number of carbonyl (C=O) groups excluding carboxylic acids is 3. The molecule has 12 heteroatoms. The van der Waals surface area contributed by atoms with Crippen LogP contribution in [-0.4, -0.2) is 57.7 Å². The van der Waals surface area contributed by atoms with Crippen molar-refractivity contribution in [2.45, 2.75) is 52.2 Å². The average molecular weight is 488 g/mol. The second kappa shape index (κ2) is 10.9. The van der Waals surface area contributed by atoms with Crippen LogP contribution in [0.25, 0.3) is 0 Å². The molecular formula is C23H29N5O7. The van der Waals surface area contributed by atoms with E-state index >= 15 is 0 Å². The lowest BCUT2D eigenvalue weighted by atomic mass is 9.99. The molecule has 1 aliphatic rings. The van der Waals surface area contributed by atoms with Gasteiger partial charge in [-0.3, -0.25) is 14.9 Å². The number of hydrogen-bond donors (Lipinski definition) is 5. The lowest BCUT2D eigenvalue weighted by Crippen LogP contribution is -2.43. The van der Waals surface area contributed by atoms with Crippen LogP contribution in [0.1, 0.15) is 39.2 Å². The summed E-state index contributed by atoms with van der Waals surface area (Å²) in [5, 5.41) is 17.2. The molecule has 0 spiro atoms. The van der Waals surface area contributed by atoms with E-state index in [1.54, 1.807) is 24.4 Å². The third-order valence-electron chi connectivity index (χ3n) is 4.92. The molecule has 3 amide bonds.